The maximum Gasteiger partial charge on any atom is 0.127 e. The van der Waals surface area contributed by atoms with Crippen LogP contribution in [0, 0.1) is 0 Å². The molecule has 0 spiro atoms. The maximum atomic E-state index is 5.64. The molecular formula is C19H19N3O2S. The number of nitrogens with one attached hydrogen (secondary N) is 1. The van der Waals surface area contributed by atoms with Crippen molar-refractivity contribution in [2.24, 2.45) is 0 Å². The van der Waals surface area contributed by atoms with Gasteiger partial charge in [-0.15, -0.1) is 0 Å². The molecule has 4 rings (SSSR count). The minimum atomic E-state index is 0.0495. The van der Waals surface area contributed by atoms with E-state index in [-0.39, 0.29) is 6.04 Å². The number of fused-ring (bicyclic) bond motifs is 3. The lowest BCUT2D eigenvalue weighted by atomic mass is 9.94. The molecular weight excluding hydrogens is 334 g/mol. The molecule has 1 aromatic heterocycles. The largest absolute Gasteiger partial charge is 0.497 e. The molecule has 2 aromatic carbocycles. The monoisotopic (exact) mass is 353 g/mol. The molecule has 6 heteroatoms. The van der Waals surface area contributed by atoms with Crippen molar-refractivity contribution in [2.75, 3.05) is 26.0 Å². The molecule has 0 bridgehead atoms. The van der Waals surface area contributed by atoms with Gasteiger partial charge in [-0.2, -0.15) is 0 Å². The minimum Gasteiger partial charge on any atom is -0.497 e. The van der Waals surface area contributed by atoms with Crippen molar-refractivity contribution < 1.29 is 9.47 Å². The van der Waals surface area contributed by atoms with Crippen LogP contribution in [0.3, 0.4) is 0 Å². The van der Waals surface area contributed by atoms with Crippen molar-refractivity contribution in [3.63, 3.8) is 0 Å². The van der Waals surface area contributed by atoms with Gasteiger partial charge in [0.15, 0.2) is 0 Å². The van der Waals surface area contributed by atoms with Gasteiger partial charge in [-0.1, -0.05) is 18.2 Å². The van der Waals surface area contributed by atoms with E-state index in [0.717, 1.165) is 33.7 Å². The summed E-state index contributed by atoms with van der Waals surface area (Å²) in [6.07, 6.45) is 1.83. The molecule has 0 saturated heterocycles. The second-order valence-corrected chi connectivity index (χ2v) is 6.82. The smallest absolute Gasteiger partial charge is 0.127 e. The highest BCUT2D eigenvalue weighted by Gasteiger charge is 2.31. The minimum absolute atomic E-state index is 0.0495. The highest BCUT2D eigenvalue weighted by Crippen LogP contribution is 2.46. The van der Waals surface area contributed by atoms with Gasteiger partial charge in [-0.05, 0) is 18.2 Å². The van der Waals surface area contributed by atoms with E-state index in [9.17, 15) is 0 Å². The summed E-state index contributed by atoms with van der Waals surface area (Å²) in [5.74, 6) is 1.59. The molecule has 0 aliphatic carbocycles. The first kappa shape index (κ1) is 16.1. The summed E-state index contributed by atoms with van der Waals surface area (Å²) in [4.78, 5) is 4.57. The first-order valence-corrected chi connectivity index (χ1v) is 8.75. The van der Waals surface area contributed by atoms with Crippen LogP contribution in [0.2, 0.25) is 0 Å². The van der Waals surface area contributed by atoms with Crippen LogP contribution < -0.4 is 14.2 Å². The number of anilines is 1. The molecule has 1 N–H and O–H groups in total. The number of aromatic nitrogens is 1. The standard InChI is InChI=1S/C19H19N3O2S/c1-22-19(14-9-7-13(23-2)11-16(14)24-3)15-8-6-12-5-4-10-20-17(12)18(15)21-25-22/h4-11,19,21H,1-3H3. The predicted octanol–water partition coefficient (Wildman–Crippen LogP) is 4.26. The van der Waals surface area contributed by atoms with Gasteiger partial charge in [-0.3, -0.25) is 4.98 Å². The normalized spacial score (nSPS) is 17.0. The van der Waals surface area contributed by atoms with E-state index in [2.05, 4.69) is 45.3 Å². The molecule has 2 heterocycles. The SMILES string of the molecule is COc1ccc(C2c3ccc4cccnc4c3NSN2C)c(OC)c1. The first-order chi connectivity index (χ1) is 12.2. The lowest BCUT2D eigenvalue weighted by molar-refractivity contribution is 0.379. The van der Waals surface area contributed by atoms with Gasteiger partial charge in [0.25, 0.3) is 0 Å². The Morgan fingerprint density at radius 1 is 1.08 bits per heavy atom. The molecule has 128 valence electrons. The molecule has 0 amide bonds. The Labute approximate surface area is 151 Å². The fourth-order valence-corrected chi connectivity index (χ4v) is 4.05. The number of hydrogen-bond acceptors (Lipinski definition) is 6. The molecule has 1 aliphatic heterocycles. The van der Waals surface area contributed by atoms with Crippen LogP contribution in [0.15, 0.2) is 48.7 Å². The zero-order chi connectivity index (χ0) is 17.4. The molecule has 1 aliphatic rings. The third-order valence-electron chi connectivity index (χ3n) is 4.49. The van der Waals surface area contributed by atoms with Crippen LogP contribution in [0.1, 0.15) is 17.2 Å². The van der Waals surface area contributed by atoms with Crippen molar-refractivity contribution in [2.45, 2.75) is 6.04 Å². The summed E-state index contributed by atoms with van der Waals surface area (Å²) in [6.45, 7) is 0. The van der Waals surface area contributed by atoms with E-state index >= 15 is 0 Å². The lowest BCUT2D eigenvalue weighted by Gasteiger charge is -2.35. The Morgan fingerprint density at radius 3 is 2.72 bits per heavy atom. The second-order valence-electron chi connectivity index (χ2n) is 5.85. The van der Waals surface area contributed by atoms with E-state index in [1.165, 1.54) is 5.56 Å². The van der Waals surface area contributed by atoms with Gasteiger partial charge in [0.1, 0.15) is 11.5 Å². The second kappa shape index (κ2) is 6.46. The zero-order valence-corrected chi connectivity index (χ0v) is 15.1. The Balaban J connectivity index is 1.91. The first-order valence-electron chi connectivity index (χ1n) is 7.98. The number of nitrogens with zero attached hydrogens (tertiary/aromatic N) is 2. The maximum absolute atomic E-state index is 5.64. The van der Waals surface area contributed by atoms with Gasteiger partial charge in [0.05, 0.1) is 31.5 Å². The molecule has 5 nitrogen and oxygen atoms in total. The average molecular weight is 353 g/mol. The topological polar surface area (TPSA) is 46.6 Å². The number of hydrogen-bond donors (Lipinski definition) is 1. The van der Waals surface area contributed by atoms with Gasteiger partial charge in [-0.25, -0.2) is 4.31 Å². The van der Waals surface area contributed by atoms with Crippen molar-refractivity contribution >= 4 is 28.7 Å². The van der Waals surface area contributed by atoms with Gasteiger partial charge < -0.3 is 14.2 Å². The van der Waals surface area contributed by atoms with Crippen LogP contribution in [0.4, 0.5) is 5.69 Å². The number of ether oxygens (including phenoxy) is 2. The van der Waals surface area contributed by atoms with Crippen molar-refractivity contribution in [1.29, 1.82) is 0 Å². The van der Waals surface area contributed by atoms with E-state index in [0.29, 0.717) is 0 Å². The zero-order valence-electron chi connectivity index (χ0n) is 14.3. The van der Waals surface area contributed by atoms with Crippen LogP contribution >= 0.6 is 12.1 Å². The third-order valence-corrected chi connectivity index (χ3v) is 5.29. The van der Waals surface area contributed by atoms with Crippen LogP contribution in [-0.4, -0.2) is 30.6 Å². The van der Waals surface area contributed by atoms with E-state index in [1.807, 2.05) is 24.4 Å². The molecule has 0 fully saturated rings. The number of pyridine rings is 1. The average Bonchev–Trinajstić information content (AvgIpc) is 2.67. The lowest BCUT2D eigenvalue weighted by Crippen LogP contribution is -2.26. The fraction of sp³-hybridized carbons (Fsp3) is 0.211. The van der Waals surface area contributed by atoms with Gasteiger partial charge >= 0.3 is 0 Å². The quantitative estimate of drug-likeness (QED) is 0.710. The number of methoxy groups -OCH3 is 2. The van der Waals surface area contributed by atoms with Crippen molar-refractivity contribution in [1.82, 2.24) is 9.29 Å². The Morgan fingerprint density at radius 2 is 1.92 bits per heavy atom. The molecule has 0 saturated carbocycles. The predicted molar refractivity (Wildman–Crippen MR) is 102 cm³/mol. The summed E-state index contributed by atoms with van der Waals surface area (Å²) in [5.41, 5.74) is 4.31. The van der Waals surface area contributed by atoms with Crippen molar-refractivity contribution in [3.8, 4) is 11.5 Å². The van der Waals surface area contributed by atoms with E-state index < -0.39 is 0 Å². The van der Waals surface area contributed by atoms with Crippen molar-refractivity contribution in [3.05, 3.63) is 59.8 Å². The summed E-state index contributed by atoms with van der Waals surface area (Å²) >= 11 is 1.56. The third kappa shape index (κ3) is 2.67. The fourth-order valence-electron chi connectivity index (χ4n) is 3.27. The summed E-state index contributed by atoms with van der Waals surface area (Å²) in [5, 5.41) is 1.12. The highest BCUT2D eigenvalue weighted by molar-refractivity contribution is 7.98. The Hall–Kier alpha value is -2.44. The van der Waals surface area contributed by atoms with Gasteiger partial charge in [0.2, 0.25) is 0 Å². The van der Waals surface area contributed by atoms with Crippen LogP contribution in [-0.2, 0) is 0 Å². The van der Waals surface area contributed by atoms with E-state index in [4.69, 9.17) is 9.47 Å². The van der Waals surface area contributed by atoms with E-state index in [1.54, 1.807) is 26.4 Å². The summed E-state index contributed by atoms with van der Waals surface area (Å²) in [7, 11) is 5.42. The molecule has 1 unspecified atom stereocenters. The molecule has 25 heavy (non-hydrogen) atoms. The van der Waals surface area contributed by atoms with Crippen LogP contribution in [0.25, 0.3) is 10.9 Å². The molecule has 1 atom stereocenters. The Kier molecular flexibility index (Phi) is 4.15. The summed E-state index contributed by atoms with van der Waals surface area (Å²) < 4.78 is 16.6. The number of rotatable bonds is 3. The molecule has 0 radical (unpaired) electrons. The summed E-state index contributed by atoms with van der Waals surface area (Å²) in [6, 6.07) is 14.3. The highest BCUT2D eigenvalue weighted by atomic mass is 32.2. The number of benzene rings is 2. The molecule has 3 aromatic rings. The van der Waals surface area contributed by atoms with Gasteiger partial charge in [0, 0.05) is 48.0 Å². The Bertz CT molecular complexity index is 932. The van der Waals surface area contributed by atoms with Crippen LogP contribution in [0.5, 0.6) is 11.5 Å².